The highest BCUT2D eigenvalue weighted by molar-refractivity contribution is 7.12. The Labute approximate surface area is 198 Å². The van der Waals surface area contributed by atoms with Crippen LogP contribution in [0.5, 0.6) is 0 Å². The lowest BCUT2D eigenvalue weighted by atomic mass is 10.2. The second-order valence-electron chi connectivity index (χ2n) is 6.93. The minimum Gasteiger partial charge on any atom is -0.303 e. The molecule has 4 aromatic rings. The van der Waals surface area contributed by atoms with Crippen LogP contribution in [-0.2, 0) is 19.3 Å². The van der Waals surface area contributed by atoms with Crippen LogP contribution in [0.2, 0.25) is 10.0 Å². The van der Waals surface area contributed by atoms with Crippen molar-refractivity contribution in [1.29, 1.82) is 0 Å². The molecule has 0 aliphatic carbocycles. The topological polar surface area (TPSA) is 64.7 Å². The first-order chi connectivity index (χ1) is 15.6. The van der Waals surface area contributed by atoms with E-state index in [1.54, 1.807) is 11.4 Å². The van der Waals surface area contributed by atoms with Crippen molar-refractivity contribution < 1.29 is 22.4 Å². The van der Waals surface area contributed by atoms with Crippen LogP contribution in [-0.4, -0.2) is 25.5 Å². The number of amides is 1. The molecule has 0 saturated heterocycles. The van der Waals surface area contributed by atoms with Crippen LogP contribution in [0.3, 0.4) is 0 Å². The van der Waals surface area contributed by atoms with Crippen molar-refractivity contribution in [3.63, 3.8) is 0 Å². The Balaban J connectivity index is 1.42. The third kappa shape index (κ3) is 5.55. The second-order valence-corrected chi connectivity index (χ2v) is 8.65. The highest BCUT2D eigenvalue weighted by Crippen LogP contribution is 2.28. The van der Waals surface area contributed by atoms with E-state index in [4.69, 9.17) is 23.2 Å². The normalized spacial score (nSPS) is 11.7. The lowest BCUT2D eigenvalue weighted by Crippen LogP contribution is -2.12. The van der Waals surface area contributed by atoms with Crippen LogP contribution in [0.25, 0.3) is 0 Å². The highest BCUT2D eigenvalue weighted by atomic mass is 35.5. The van der Waals surface area contributed by atoms with Crippen molar-refractivity contribution in [2.45, 2.75) is 19.3 Å². The summed E-state index contributed by atoms with van der Waals surface area (Å²) in [6, 6.07) is 6.42. The van der Waals surface area contributed by atoms with Gasteiger partial charge in [0.1, 0.15) is 10.8 Å². The van der Waals surface area contributed by atoms with Gasteiger partial charge in [0, 0.05) is 17.4 Å². The molecule has 4 rings (SSSR count). The summed E-state index contributed by atoms with van der Waals surface area (Å²) in [5.74, 6) is -0.815. The molecule has 0 fully saturated rings. The van der Waals surface area contributed by atoms with Crippen LogP contribution in [0.15, 0.2) is 48.1 Å². The largest absolute Gasteiger partial charge is 0.435 e. The molecular weight excluding hydrogens is 505 g/mol. The molecule has 0 unspecified atom stereocenters. The minimum atomic E-state index is -4.52. The fourth-order valence-corrected chi connectivity index (χ4v) is 4.14. The smallest absolute Gasteiger partial charge is 0.303 e. The number of rotatable bonds is 6. The van der Waals surface area contributed by atoms with Gasteiger partial charge in [0.2, 0.25) is 0 Å². The van der Waals surface area contributed by atoms with E-state index in [2.05, 4.69) is 15.5 Å². The van der Waals surface area contributed by atoms with Gasteiger partial charge in [-0.2, -0.15) is 23.4 Å². The van der Waals surface area contributed by atoms with E-state index < -0.39 is 23.6 Å². The van der Waals surface area contributed by atoms with E-state index >= 15 is 0 Å². The van der Waals surface area contributed by atoms with Crippen LogP contribution < -0.4 is 5.32 Å². The summed E-state index contributed by atoms with van der Waals surface area (Å²) < 4.78 is 53.8. The monoisotopic (exact) mass is 517 g/mol. The van der Waals surface area contributed by atoms with Gasteiger partial charge in [-0.15, -0.1) is 11.3 Å². The molecule has 0 atom stereocenters. The third-order valence-corrected chi connectivity index (χ3v) is 6.06. The number of anilines is 1. The molecule has 0 aliphatic rings. The molecule has 0 bridgehead atoms. The molecule has 1 amide bonds. The van der Waals surface area contributed by atoms with E-state index in [0.29, 0.717) is 16.0 Å². The van der Waals surface area contributed by atoms with E-state index in [-0.39, 0.29) is 29.0 Å². The van der Waals surface area contributed by atoms with Crippen LogP contribution in [0.1, 0.15) is 26.5 Å². The Bertz CT molecular complexity index is 1310. The van der Waals surface area contributed by atoms with Crippen molar-refractivity contribution >= 4 is 46.3 Å². The van der Waals surface area contributed by atoms with Crippen molar-refractivity contribution in [3.05, 3.63) is 85.7 Å². The zero-order valence-corrected chi connectivity index (χ0v) is 18.7. The van der Waals surface area contributed by atoms with Crippen LogP contribution in [0.4, 0.5) is 23.4 Å². The van der Waals surface area contributed by atoms with E-state index in [1.807, 2.05) is 0 Å². The molecule has 33 heavy (non-hydrogen) atoms. The Morgan fingerprint density at radius 3 is 2.55 bits per heavy atom. The van der Waals surface area contributed by atoms with Gasteiger partial charge in [0.15, 0.2) is 11.5 Å². The average molecular weight is 518 g/mol. The van der Waals surface area contributed by atoms with Gasteiger partial charge in [-0.25, -0.2) is 4.39 Å². The number of thiophene rings is 1. The molecule has 6 nitrogen and oxygen atoms in total. The number of alkyl halides is 3. The number of benzene rings is 1. The summed E-state index contributed by atoms with van der Waals surface area (Å²) in [5, 5.41) is 12.4. The van der Waals surface area contributed by atoms with Crippen LogP contribution in [0, 0.1) is 5.82 Å². The Morgan fingerprint density at radius 2 is 1.85 bits per heavy atom. The van der Waals surface area contributed by atoms with Crippen LogP contribution >= 0.6 is 34.5 Å². The lowest BCUT2D eigenvalue weighted by molar-refractivity contribution is -0.141. The first kappa shape index (κ1) is 23.3. The number of carbonyl (C=O) groups excluding carboxylic acids is 1. The molecule has 3 aromatic heterocycles. The van der Waals surface area contributed by atoms with Gasteiger partial charge in [0.05, 0.1) is 18.0 Å². The van der Waals surface area contributed by atoms with Crippen molar-refractivity contribution in [2.75, 3.05) is 5.32 Å². The Hall–Kier alpha value is -2.89. The van der Waals surface area contributed by atoms with Gasteiger partial charge in [-0.1, -0.05) is 29.3 Å². The van der Waals surface area contributed by atoms with E-state index in [1.165, 1.54) is 35.3 Å². The van der Waals surface area contributed by atoms with Crippen molar-refractivity contribution in [1.82, 2.24) is 19.6 Å². The number of aromatic nitrogens is 4. The van der Waals surface area contributed by atoms with Gasteiger partial charge in [-0.05, 0) is 40.8 Å². The van der Waals surface area contributed by atoms with E-state index in [9.17, 15) is 22.4 Å². The fourth-order valence-electron chi connectivity index (χ4n) is 2.92. The van der Waals surface area contributed by atoms with Crippen molar-refractivity contribution in [3.8, 4) is 0 Å². The highest BCUT2D eigenvalue weighted by Gasteiger charge is 2.33. The quantitative estimate of drug-likeness (QED) is 0.321. The molecule has 3 heterocycles. The number of nitrogens with zero attached hydrogens (tertiary/aromatic N) is 4. The minimum absolute atomic E-state index is 0.0771. The number of hydrogen-bond acceptors (Lipinski definition) is 4. The maximum Gasteiger partial charge on any atom is 0.435 e. The molecule has 1 aromatic carbocycles. The van der Waals surface area contributed by atoms with Crippen molar-refractivity contribution in [2.24, 2.45) is 0 Å². The molecule has 0 aliphatic heterocycles. The summed E-state index contributed by atoms with van der Waals surface area (Å²) in [4.78, 5) is 12.9. The maximum absolute atomic E-state index is 13.2. The Kier molecular flexibility index (Phi) is 6.46. The molecule has 172 valence electrons. The lowest BCUT2D eigenvalue weighted by Gasteiger charge is -2.04. The number of hydrogen-bond donors (Lipinski definition) is 1. The average Bonchev–Trinajstić information content (AvgIpc) is 3.45. The predicted octanol–water partition coefficient (Wildman–Crippen LogP) is 5.95. The molecule has 13 heteroatoms. The molecular formula is C20H13Cl2F4N5OS. The first-order valence-electron chi connectivity index (χ1n) is 9.25. The summed E-state index contributed by atoms with van der Waals surface area (Å²) in [6.45, 7) is 0.287. The predicted molar refractivity (Wildman–Crippen MR) is 116 cm³/mol. The van der Waals surface area contributed by atoms with Gasteiger partial charge >= 0.3 is 6.18 Å². The molecule has 1 N–H and O–H groups in total. The third-order valence-electron chi connectivity index (χ3n) is 4.45. The SMILES string of the molecule is O=C(Nc1nn(Cc2ccc(F)cc2Cl)cc1Cl)c1cc(Cn2ccc(C(F)(F)F)n2)cs1. The number of nitrogens with one attached hydrogen (secondary N) is 1. The zero-order valence-electron chi connectivity index (χ0n) is 16.4. The zero-order chi connectivity index (χ0) is 23.8. The summed E-state index contributed by atoms with van der Waals surface area (Å²) in [5.41, 5.74) is 0.248. The summed E-state index contributed by atoms with van der Waals surface area (Å²) in [7, 11) is 0. The van der Waals surface area contributed by atoms with Gasteiger partial charge in [-0.3, -0.25) is 14.2 Å². The first-order valence-corrected chi connectivity index (χ1v) is 10.9. The molecule has 0 spiro atoms. The fraction of sp³-hybridized carbons (Fsp3) is 0.150. The maximum atomic E-state index is 13.2. The molecule has 0 radical (unpaired) electrons. The number of carbonyl (C=O) groups is 1. The van der Waals surface area contributed by atoms with E-state index in [0.717, 1.165) is 22.1 Å². The van der Waals surface area contributed by atoms with Gasteiger partial charge in [0.25, 0.3) is 5.91 Å². The second kappa shape index (κ2) is 9.16. The van der Waals surface area contributed by atoms with Gasteiger partial charge < -0.3 is 5.32 Å². The standard InChI is InChI=1S/C20H13Cl2F4N5OS/c21-14-6-13(23)2-1-12(14)8-31-9-15(22)18(29-31)27-19(32)16-5-11(10-33-16)7-30-4-3-17(28-30)20(24,25)26/h1-6,9-10H,7-8H2,(H,27,29,32). The Morgan fingerprint density at radius 1 is 1.06 bits per heavy atom. The summed E-state index contributed by atoms with van der Waals surface area (Å²) >= 11 is 13.3. The summed E-state index contributed by atoms with van der Waals surface area (Å²) in [6.07, 6.45) is -1.80. The molecule has 0 saturated carbocycles. The number of halogens is 6.